The minimum atomic E-state index is -3.77. The van der Waals surface area contributed by atoms with Gasteiger partial charge in [0.1, 0.15) is 5.75 Å². The number of hydrogen-bond donors (Lipinski definition) is 0. The van der Waals surface area contributed by atoms with E-state index in [0.29, 0.717) is 12.4 Å². The summed E-state index contributed by atoms with van der Waals surface area (Å²) in [5, 5.41) is 0. The number of carbonyl (C=O) groups is 1. The molecule has 146 valence electrons. The van der Waals surface area contributed by atoms with Gasteiger partial charge in [-0.3, -0.25) is 4.79 Å². The molecule has 0 heterocycles. The van der Waals surface area contributed by atoms with E-state index >= 15 is 0 Å². The molecule has 0 aromatic heterocycles. The molecule has 0 saturated carbocycles. The van der Waals surface area contributed by atoms with E-state index in [2.05, 4.69) is 0 Å². The van der Waals surface area contributed by atoms with E-state index in [1.54, 1.807) is 19.2 Å². The topological polar surface area (TPSA) is 66.9 Å². The first kappa shape index (κ1) is 20.9. The number of sulfonamides is 1. The van der Waals surface area contributed by atoms with Crippen LogP contribution in [0, 0.1) is 13.8 Å². The molecule has 2 aromatic rings. The normalized spacial score (nSPS) is 11.5. The Labute approximate surface area is 161 Å². The number of nitrogens with zero attached hydrogens (tertiary/aromatic N) is 2. The van der Waals surface area contributed by atoms with Crippen LogP contribution in [0.3, 0.4) is 0 Å². The molecule has 2 rings (SSSR count). The standard InChI is InChI=1S/C20H26N2O4S/c1-6-26-18-9-11-19(12-10-18)27(24,25)21(4)14-20(23)22(5)17-8-7-15(2)16(3)13-17/h7-13H,6,14H2,1-5H3. The van der Waals surface area contributed by atoms with Gasteiger partial charge in [0.25, 0.3) is 0 Å². The molecule has 0 aliphatic heterocycles. The van der Waals surface area contributed by atoms with Gasteiger partial charge in [0, 0.05) is 19.8 Å². The summed E-state index contributed by atoms with van der Waals surface area (Å²) in [7, 11) is -0.723. The van der Waals surface area contributed by atoms with Crippen molar-refractivity contribution < 1.29 is 17.9 Å². The van der Waals surface area contributed by atoms with Gasteiger partial charge in [0.05, 0.1) is 18.0 Å². The van der Waals surface area contributed by atoms with Crippen LogP contribution < -0.4 is 9.64 Å². The maximum absolute atomic E-state index is 12.7. The highest BCUT2D eigenvalue weighted by molar-refractivity contribution is 7.89. The van der Waals surface area contributed by atoms with Gasteiger partial charge in [-0.1, -0.05) is 6.07 Å². The Morgan fingerprint density at radius 2 is 1.63 bits per heavy atom. The molecule has 0 aliphatic rings. The second-order valence-electron chi connectivity index (χ2n) is 6.39. The van der Waals surface area contributed by atoms with Gasteiger partial charge in [0.15, 0.2) is 0 Å². The molecule has 27 heavy (non-hydrogen) atoms. The lowest BCUT2D eigenvalue weighted by molar-refractivity contribution is -0.118. The third-order valence-corrected chi connectivity index (χ3v) is 6.27. The molecule has 0 fully saturated rings. The number of benzene rings is 2. The van der Waals surface area contributed by atoms with Crippen molar-refractivity contribution in [2.24, 2.45) is 0 Å². The van der Waals surface area contributed by atoms with Crippen molar-refractivity contribution in [3.05, 3.63) is 53.6 Å². The van der Waals surface area contributed by atoms with Gasteiger partial charge < -0.3 is 9.64 Å². The number of ether oxygens (including phenoxy) is 1. The number of carbonyl (C=O) groups excluding carboxylic acids is 1. The van der Waals surface area contributed by atoms with Crippen molar-refractivity contribution >= 4 is 21.6 Å². The van der Waals surface area contributed by atoms with Crippen molar-refractivity contribution in [2.75, 3.05) is 32.1 Å². The number of aryl methyl sites for hydroxylation is 2. The van der Waals surface area contributed by atoms with Gasteiger partial charge in [-0.05, 0) is 68.3 Å². The van der Waals surface area contributed by atoms with Gasteiger partial charge in [-0.2, -0.15) is 4.31 Å². The summed E-state index contributed by atoms with van der Waals surface area (Å²) in [5.74, 6) is 0.292. The Balaban J connectivity index is 2.12. The van der Waals surface area contributed by atoms with Crippen LogP contribution in [0.15, 0.2) is 47.4 Å². The molecule has 6 nitrogen and oxygen atoms in total. The van der Waals surface area contributed by atoms with Crippen LogP contribution >= 0.6 is 0 Å². The number of amides is 1. The molecule has 1 amide bonds. The Bertz CT molecular complexity index is 908. The fourth-order valence-corrected chi connectivity index (χ4v) is 3.63. The lowest BCUT2D eigenvalue weighted by Gasteiger charge is -2.22. The summed E-state index contributed by atoms with van der Waals surface area (Å²) in [6.45, 7) is 6.08. The van der Waals surface area contributed by atoms with Crippen LogP contribution in [0.5, 0.6) is 5.75 Å². The molecule has 0 N–H and O–H groups in total. The van der Waals surface area contributed by atoms with Gasteiger partial charge in [-0.25, -0.2) is 8.42 Å². The fourth-order valence-electron chi connectivity index (χ4n) is 2.51. The van der Waals surface area contributed by atoms with E-state index in [-0.39, 0.29) is 17.3 Å². The summed E-state index contributed by atoms with van der Waals surface area (Å²) < 4.78 is 31.8. The molecule has 0 spiro atoms. The zero-order valence-corrected chi connectivity index (χ0v) is 17.2. The molecule has 0 atom stereocenters. The second-order valence-corrected chi connectivity index (χ2v) is 8.43. The van der Waals surface area contributed by atoms with Crippen LogP contribution in [0.2, 0.25) is 0 Å². The van der Waals surface area contributed by atoms with Gasteiger partial charge in [-0.15, -0.1) is 0 Å². The van der Waals surface area contributed by atoms with Crippen LogP contribution in [0.1, 0.15) is 18.1 Å². The lowest BCUT2D eigenvalue weighted by Crippen LogP contribution is -2.39. The van der Waals surface area contributed by atoms with Crippen molar-refractivity contribution in [1.82, 2.24) is 4.31 Å². The highest BCUT2D eigenvalue weighted by atomic mass is 32.2. The first-order chi connectivity index (χ1) is 12.7. The Hall–Kier alpha value is -2.38. The van der Waals surface area contributed by atoms with E-state index < -0.39 is 10.0 Å². The Kier molecular flexibility index (Phi) is 6.62. The summed E-state index contributed by atoms with van der Waals surface area (Å²) in [5.41, 5.74) is 2.94. The molecule has 0 radical (unpaired) electrons. The summed E-state index contributed by atoms with van der Waals surface area (Å²) >= 11 is 0. The van der Waals surface area contributed by atoms with Crippen LogP contribution in [-0.4, -0.2) is 45.9 Å². The second kappa shape index (κ2) is 8.54. The summed E-state index contributed by atoms with van der Waals surface area (Å²) in [6.07, 6.45) is 0. The van der Waals surface area contributed by atoms with E-state index in [0.717, 1.165) is 21.1 Å². The molecule has 2 aromatic carbocycles. The molecule has 0 aliphatic carbocycles. The van der Waals surface area contributed by atoms with Gasteiger partial charge in [0.2, 0.25) is 15.9 Å². The highest BCUT2D eigenvalue weighted by Gasteiger charge is 2.24. The largest absolute Gasteiger partial charge is 0.494 e. The number of likely N-dealkylation sites (N-methyl/N-ethyl adjacent to an activating group) is 2. The van der Waals surface area contributed by atoms with E-state index in [1.165, 1.54) is 24.1 Å². The van der Waals surface area contributed by atoms with Crippen molar-refractivity contribution in [3.8, 4) is 5.75 Å². The van der Waals surface area contributed by atoms with E-state index in [1.807, 2.05) is 39.0 Å². The first-order valence-electron chi connectivity index (χ1n) is 8.69. The van der Waals surface area contributed by atoms with Crippen LogP contribution in [0.25, 0.3) is 0 Å². The predicted octanol–water partition coefficient (Wildman–Crippen LogP) is 2.99. The van der Waals surface area contributed by atoms with Crippen molar-refractivity contribution in [1.29, 1.82) is 0 Å². The third kappa shape index (κ3) is 4.87. The van der Waals surface area contributed by atoms with Crippen molar-refractivity contribution in [3.63, 3.8) is 0 Å². The smallest absolute Gasteiger partial charge is 0.243 e. The maximum atomic E-state index is 12.7. The fraction of sp³-hybridized carbons (Fsp3) is 0.350. The molecule has 0 bridgehead atoms. The lowest BCUT2D eigenvalue weighted by atomic mass is 10.1. The Morgan fingerprint density at radius 1 is 1.00 bits per heavy atom. The zero-order valence-electron chi connectivity index (χ0n) is 16.4. The highest BCUT2D eigenvalue weighted by Crippen LogP contribution is 2.21. The number of hydrogen-bond acceptors (Lipinski definition) is 4. The Morgan fingerprint density at radius 3 is 2.19 bits per heavy atom. The SMILES string of the molecule is CCOc1ccc(S(=O)(=O)N(C)CC(=O)N(C)c2ccc(C)c(C)c2)cc1. The average molecular weight is 391 g/mol. The molecule has 0 unspecified atom stereocenters. The van der Waals surface area contributed by atoms with Crippen molar-refractivity contribution in [2.45, 2.75) is 25.7 Å². The minimum Gasteiger partial charge on any atom is -0.494 e. The first-order valence-corrected chi connectivity index (χ1v) is 10.1. The molecule has 7 heteroatoms. The average Bonchev–Trinajstić information content (AvgIpc) is 2.64. The van der Waals surface area contributed by atoms with Gasteiger partial charge >= 0.3 is 0 Å². The third-order valence-electron chi connectivity index (χ3n) is 4.45. The maximum Gasteiger partial charge on any atom is 0.243 e. The molecule has 0 saturated heterocycles. The predicted molar refractivity (Wildman–Crippen MR) is 107 cm³/mol. The van der Waals surface area contributed by atoms with Crippen LogP contribution in [0.4, 0.5) is 5.69 Å². The monoisotopic (exact) mass is 390 g/mol. The van der Waals surface area contributed by atoms with E-state index in [9.17, 15) is 13.2 Å². The molecular weight excluding hydrogens is 364 g/mol. The number of anilines is 1. The summed E-state index contributed by atoms with van der Waals surface area (Å²) in [6, 6.07) is 11.9. The zero-order chi connectivity index (χ0) is 20.2. The summed E-state index contributed by atoms with van der Waals surface area (Å²) in [4.78, 5) is 14.2. The van der Waals surface area contributed by atoms with Crippen LogP contribution in [-0.2, 0) is 14.8 Å². The molecular formula is C20H26N2O4S. The quantitative estimate of drug-likeness (QED) is 0.729. The minimum absolute atomic E-state index is 0.120. The number of rotatable bonds is 7. The van der Waals surface area contributed by atoms with E-state index in [4.69, 9.17) is 4.74 Å².